The average Bonchev–Trinajstić information content (AvgIpc) is 3.26. The molecular formula is C19H24N4O3. The number of carbonyl (C=O) groups is 1. The van der Waals surface area contributed by atoms with E-state index in [9.17, 15) is 4.79 Å². The number of hydrogen-bond acceptors (Lipinski definition) is 5. The number of amides is 1. The molecule has 3 heterocycles. The lowest BCUT2D eigenvalue weighted by molar-refractivity contribution is -0.0789. The number of pyridine rings is 1. The van der Waals surface area contributed by atoms with Crippen LogP contribution in [0.3, 0.4) is 0 Å². The smallest absolute Gasteiger partial charge is 0.272 e. The molecule has 3 unspecified atom stereocenters. The molecular weight excluding hydrogens is 332 g/mol. The monoisotopic (exact) mass is 356 g/mol. The second kappa shape index (κ2) is 6.72. The fourth-order valence-corrected chi connectivity index (χ4v) is 4.31. The predicted octanol–water partition coefficient (Wildman–Crippen LogP) is 2.05. The van der Waals surface area contributed by atoms with Gasteiger partial charge in [0.05, 0.1) is 24.2 Å². The molecule has 1 saturated carbocycles. The van der Waals surface area contributed by atoms with Gasteiger partial charge < -0.3 is 18.9 Å². The third-order valence-electron chi connectivity index (χ3n) is 5.76. The zero-order valence-corrected chi connectivity index (χ0v) is 15.2. The van der Waals surface area contributed by atoms with Crippen molar-refractivity contribution in [3.05, 3.63) is 42.6 Å². The third-order valence-corrected chi connectivity index (χ3v) is 5.76. The van der Waals surface area contributed by atoms with Crippen LogP contribution in [0, 0.1) is 0 Å². The average molecular weight is 356 g/mol. The maximum Gasteiger partial charge on any atom is 0.272 e. The van der Waals surface area contributed by atoms with E-state index in [1.54, 1.807) is 30.4 Å². The molecule has 1 saturated heterocycles. The maximum atomic E-state index is 13.1. The first-order valence-corrected chi connectivity index (χ1v) is 9.03. The summed E-state index contributed by atoms with van der Waals surface area (Å²) in [6.45, 7) is 0.693. The summed E-state index contributed by atoms with van der Waals surface area (Å²) in [5, 5.41) is 0. The van der Waals surface area contributed by atoms with Crippen LogP contribution in [0.15, 0.2) is 36.9 Å². The van der Waals surface area contributed by atoms with E-state index in [0.717, 1.165) is 25.7 Å². The van der Waals surface area contributed by atoms with Crippen molar-refractivity contribution in [2.75, 3.05) is 13.7 Å². The van der Waals surface area contributed by atoms with E-state index in [2.05, 4.69) is 9.97 Å². The highest BCUT2D eigenvalue weighted by Gasteiger charge is 2.53. The molecule has 138 valence electrons. The number of methoxy groups -OCH3 is 1. The fraction of sp³-hybridized carbons (Fsp3) is 0.526. The molecule has 7 nitrogen and oxygen atoms in total. The van der Waals surface area contributed by atoms with Crippen molar-refractivity contribution in [3.8, 4) is 5.88 Å². The Balaban J connectivity index is 1.55. The van der Waals surface area contributed by atoms with Gasteiger partial charge in [0.15, 0.2) is 0 Å². The highest BCUT2D eigenvalue weighted by Crippen LogP contribution is 2.43. The number of hydrogen-bond donors (Lipinski definition) is 0. The number of carbonyl (C=O) groups excluding carboxylic acids is 1. The minimum absolute atomic E-state index is 0.00244. The number of rotatable bonds is 4. The van der Waals surface area contributed by atoms with Crippen molar-refractivity contribution in [1.82, 2.24) is 19.4 Å². The van der Waals surface area contributed by atoms with Crippen molar-refractivity contribution in [2.24, 2.45) is 7.05 Å². The SMILES string of the molecule is COC12CCC(Oc3ccccn3)CC1N(C(=O)c1cncn1C)CC2. The molecule has 2 aromatic rings. The van der Waals surface area contributed by atoms with E-state index < -0.39 is 0 Å². The van der Waals surface area contributed by atoms with Crippen LogP contribution in [0.2, 0.25) is 0 Å². The van der Waals surface area contributed by atoms with Crippen LogP contribution in [-0.4, -0.2) is 56.7 Å². The van der Waals surface area contributed by atoms with Gasteiger partial charge in [-0.3, -0.25) is 4.79 Å². The summed E-state index contributed by atoms with van der Waals surface area (Å²) in [7, 11) is 3.60. The first-order valence-electron chi connectivity index (χ1n) is 9.03. The van der Waals surface area contributed by atoms with Crippen molar-refractivity contribution in [1.29, 1.82) is 0 Å². The number of aryl methyl sites for hydroxylation is 1. The van der Waals surface area contributed by atoms with Crippen LogP contribution in [0.5, 0.6) is 5.88 Å². The predicted molar refractivity (Wildman–Crippen MR) is 94.9 cm³/mol. The molecule has 0 spiro atoms. The standard InChI is InChI=1S/C19H24N4O3/c1-22-13-20-12-15(22)18(24)23-10-8-19(25-2)7-6-14(11-16(19)23)26-17-5-3-4-9-21-17/h3-5,9,12-14,16H,6-8,10-11H2,1-2H3. The van der Waals surface area contributed by atoms with Crippen molar-refractivity contribution >= 4 is 5.91 Å². The van der Waals surface area contributed by atoms with Gasteiger partial charge in [0.2, 0.25) is 5.88 Å². The summed E-state index contributed by atoms with van der Waals surface area (Å²) >= 11 is 0. The quantitative estimate of drug-likeness (QED) is 0.839. The molecule has 3 atom stereocenters. The Morgan fingerprint density at radius 3 is 2.92 bits per heavy atom. The van der Waals surface area contributed by atoms with Crippen molar-refractivity contribution in [2.45, 2.75) is 43.4 Å². The van der Waals surface area contributed by atoms with Crippen LogP contribution in [0.1, 0.15) is 36.2 Å². The molecule has 2 aromatic heterocycles. The second-order valence-electron chi connectivity index (χ2n) is 7.11. The molecule has 0 bridgehead atoms. The largest absolute Gasteiger partial charge is 0.474 e. The van der Waals surface area contributed by atoms with E-state index in [-0.39, 0.29) is 23.7 Å². The van der Waals surface area contributed by atoms with Crippen LogP contribution < -0.4 is 4.74 Å². The van der Waals surface area contributed by atoms with E-state index >= 15 is 0 Å². The first kappa shape index (κ1) is 17.0. The van der Waals surface area contributed by atoms with Gasteiger partial charge in [0.1, 0.15) is 11.8 Å². The van der Waals surface area contributed by atoms with Gasteiger partial charge in [-0.15, -0.1) is 0 Å². The van der Waals surface area contributed by atoms with Crippen LogP contribution in [0.4, 0.5) is 0 Å². The number of nitrogens with zero attached hydrogens (tertiary/aromatic N) is 4. The Labute approximate surface area is 152 Å². The van der Waals surface area contributed by atoms with E-state index in [1.807, 2.05) is 30.1 Å². The molecule has 0 radical (unpaired) electrons. The van der Waals surface area contributed by atoms with Gasteiger partial charge in [-0.1, -0.05) is 6.07 Å². The molecule has 0 aromatic carbocycles. The van der Waals surface area contributed by atoms with E-state index in [1.165, 1.54) is 0 Å². The Morgan fingerprint density at radius 2 is 2.23 bits per heavy atom. The third kappa shape index (κ3) is 2.86. The van der Waals surface area contributed by atoms with Gasteiger partial charge in [0.25, 0.3) is 5.91 Å². The lowest BCUT2D eigenvalue weighted by atomic mass is 9.79. The topological polar surface area (TPSA) is 69.5 Å². The number of likely N-dealkylation sites (tertiary alicyclic amines) is 1. The van der Waals surface area contributed by atoms with Crippen LogP contribution in [-0.2, 0) is 11.8 Å². The molecule has 1 aliphatic carbocycles. The Morgan fingerprint density at radius 1 is 1.35 bits per heavy atom. The maximum absolute atomic E-state index is 13.1. The molecule has 2 aliphatic rings. The molecule has 2 fully saturated rings. The summed E-state index contributed by atoms with van der Waals surface area (Å²) in [6, 6.07) is 5.65. The van der Waals surface area contributed by atoms with E-state index in [4.69, 9.17) is 9.47 Å². The van der Waals surface area contributed by atoms with Gasteiger partial charge in [-0.25, -0.2) is 9.97 Å². The minimum Gasteiger partial charge on any atom is -0.474 e. The van der Waals surface area contributed by atoms with Gasteiger partial charge in [-0.2, -0.15) is 0 Å². The summed E-state index contributed by atoms with van der Waals surface area (Å²) in [4.78, 5) is 23.3. The van der Waals surface area contributed by atoms with Gasteiger partial charge in [0, 0.05) is 39.4 Å². The van der Waals surface area contributed by atoms with E-state index in [0.29, 0.717) is 18.1 Å². The molecule has 4 rings (SSSR count). The Kier molecular flexibility index (Phi) is 4.40. The second-order valence-corrected chi connectivity index (χ2v) is 7.11. The first-order chi connectivity index (χ1) is 12.6. The summed E-state index contributed by atoms with van der Waals surface area (Å²) in [6.07, 6.45) is 8.40. The lowest BCUT2D eigenvalue weighted by Gasteiger charge is -2.43. The Bertz CT molecular complexity index is 778. The molecule has 1 aliphatic heterocycles. The highest BCUT2D eigenvalue weighted by atomic mass is 16.5. The molecule has 7 heteroatoms. The minimum atomic E-state index is -0.280. The number of imidazole rings is 1. The summed E-state index contributed by atoms with van der Waals surface area (Å²) < 4.78 is 13.8. The van der Waals surface area contributed by atoms with Gasteiger partial charge in [-0.05, 0) is 25.3 Å². The summed E-state index contributed by atoms with van der Waals surface area (Å²) in [5.41, 5.74) is 0.322. The van der Waals surface area contributed by atoms with Gasteiger partial charge >= 0.3 is 0 Å². The normalized spacial score (nSPS) is 28.0. The number of fused-ring (bicyclic) bond motifs is 1. The zero-order valence-electron chi connectivity index (χ0n) is 15.2. The Hall–Kier alpha value is -2.41. The number of ether oxygens (including phenoxy) is 2. The molecule has 1 amide bonds. The number of aromatic nitrogens is 3. The summed E-state index contributed by atoms with van der Waals surface area (Å²) in [5.74, 6) is 0.636. The van der Waals surface area contributed by atoms with Crippen LogP contribution >= 0.6 is 0 Å². The van der Waals surface area contributed by atoms with Crippen molar-refractivity contribution in [3.63, 3.8) is 0 Å². The zero-order chi connectivity index (χ0) is 18.1. The van der Waals surface area contributed by atoms with Crippen molar-refractivity contribution < 1.29 is 14.3 Å². The van der Waals surface area contributed by atoms with Crippen LogP contribution in [0.25, 0.3) is 0 Å². The molecule has 0 N–H and O–H groups in total. The fourth-order valence-electron chi connectivity index (χ4n) is 4.31. The lowest BCUT2D eigenvalue weighted by Crippen LogP contribution is -2.53. The molecule has 26 heavy (non-hydrogen) atoms. The highest BCUT2D eigenvalue weighted by molar-refractivity contribution is 5.93.